The summed E-state index contributed by atoms with van der Waals surface area (Å²) in [6, 6.07) is 7.99. The largest absolute Gasteiger partial charge is 0.352 e. The smallest absolute Gasteiger partial charge is 0.230 e. The predicted molar refractivity (Wildman–Crippen MR) is 81.7 cm³/mol. The van der Waals surface area contributed by atoms with Crippen LogP contribution in [-0.2, 0) is 4.79 Å². The molecule has 1 aliphatic carbocycles. The Labute approximate surface area is 124 Å². The van der Waals surface area contributed by atoms with Crippen LogP contribution in [-0.4, -0.2) is 17.7 Å². The monoisotopic (exact) mass is 297 g/mol. The lowest BCUT2D eigenvalue weighted by Gasteiger charge is -2.29. The van der Waals surface area contributed by atoms with Crippen molar-refractivity contribution in [1.29, 1.82) is 0 Å². The van der Waals surface area contributed by atoms with Crippen LogP contribution < -0.4 is 5.32 Å². The van der Waals surface area contributed by atoms with E-state index >= 15 is 0 Å². The van der Waals surface area contributed by atoms with Gasteiger partial charge in [-0.15, -0.1) is 11.8 Å². The maximum atomic E-state index is 12.0. The molecule has 1 aliphatic rings. The highest BCUT2D eigenvalue weighted by molar-refractivity contribution is 8.00. The van der Waals surface area contributed by atoms with Gasteiger partial charge in [0.05, 0.1) is 10.8 Å². The van der Waals surface area contributed by atoms with Crippen molar-refractivity contribution >= 4 is 29.3 Å². The number of nitrogens with one attached hydrogen (secondary N) is 1. The minimum Gasteiger partial charge on any atom is -0.352 e. The van der Waals surface area contributed by atoms with Gasteiger partial charge < -0.3 is 5.32 Å². The van der Waals surface area contributed by atoms with Gasteiger partial charge in [0.25, 0.3) is 0 Å². The summed E-state index contributed by atoms with van der Waals surface area (Å²) in [6.45, 7) is 2.23. The quantitative estimate of drug-likeness (QED) is 0.847. The van der Waals surface area contributed by atoms with Crippen LogP contribution in [0.2, 0.25) is 5.02 Å². The van der Waals surface area contributed by atoms with Gasteiger partial charge in [0.15, 0.2) is 0 Å². The molecule has 2 rings (SSSR count). The summed E-state index contributed by atoms with van der Waals surface area (Å²) >= 11 is 7.57. The SMILES string of the molecule is CC1CCCCC1NC(=O)CSc1ccccc1Cl. The molecule has 0 aromatic heterocycles. The number of hydrogen-bond donors (Lipinski definition) is 1. The lowest BCUT2D eigenvalue weighted by molar-refractivity contribution is -0.119. The van der Waals surface area contributed by atoms with Crippen LogP contribution >= 0.6 is 23.4 Å². The summed E-state index contributed by atoms with van der Waals surface area (Å²) in [5.74, 6) is 1.15. The Morgan fingerprint density at radius 2 is 2.11 bits per heavy atom. The number of hydrogen-bond acceptors (Lipinski definition) is 2. The Balaban J connectivity index is 1.80. The molecule has 104 valence electrons. The molecule has 0 bridgehead atoms. The first-order chi connectivity index (χ1) is 9.16. The molecule has 2 nitrogen and oxygen atoms in total. The van der Waals surface area contributed by atoms with Crippen molar-refractivity contribution in [2.24, 2.45) is 5.92 Å². The molecule has 0 saturated heterocycles. The van der Waals surface area contributed by atoms with Gasteiger partial charge in [0.1, 0.15) is 0 Å². The van der Waals surface area contributed by atoms with Crippen molar-refractivity contribution in [2.45, 2.75) is 43.5 Å². The van der Waals surface area contributed by atoms with Crippen LogP contribution in [0, 0.1) is 5.92 Å². The predicted octanol–water partition coefficient (Wildman–Crippen LogP) is 4.13. The van der Waals surface area contributed by atoms with Crippen molar-refractivity contribution in [1.82, 2.24) is 5.32 Å². The minimum absolute atomic E-state index is 0.115. The second kappa shape index (κ2) is 7.20. The third kappa shape index (κ3) is 4.43. The van der Waals surface area contributed by atoms with Gasteiger partial charge in [-0.1, -0.05) is 43.5 Å². The number of thioether (sulfide) groups is 1. The molecule has 0 heterocycles. The van der Waals surface area contributed by atoms with Crippen molar-refractivity contribution in [2.75, 3.05) is 5.75 Å². The summed E-state index contributed by atoms with van der Waals surface area (Å²) in [6.07, 6.45) is 4.86. The molecule has 1 aromatic rings. The highest BCUT2D eigenvalue weighted by Gasteiger charge is 2.22. The average molecular weight is 298 g/mol. The fourth-order valence-electron chi connectivity index (χ4n) is 2.48. The molecule has 0 radical (unpaired) electrons. The molecule has 1 aromatic carbocycles. The Hall–Kier alpha value is -0.670. The maximum absolute atomic E-state index is 12.0. The van der Waals surface area contributed by atoms with E-state index in [9.17, 15) is 4.79 Å². The van der Waals surface area contributed by atoms with Crippen molar-refractivity contribution < 1.29 is 4.79 Å². The van der Waals surface area contributed by atoms with Gasteiger partial charge in [-0.2, -0.15) is 0 Å². The Morgan fingerprint density at radius 3 is 2.84 bits per heavy atom. The van der Waals surface area contributed by atoms with Crippen molar-refractivity contribution in [3.63, 3.8) is 0 Å². The van der Waals surface area contributed by atoms with Gasteiger partial charge in [0, 0.05) is 10.9 Å². The van der Waals surface area contributed by atoms with E-state index in [2.05, 4.69) is 12.2 Å². The summed E-state index contributed by atoms with van der Waals surface area (Å²) in [5, 5.41) is 3.87. The van der Waals surface area contributed by atoms with E-state index in [0.29, 0.717) is 22.7 Å². The Kier molecular flexibility index (Phi) is 5.59. The first-order valence-electron chi connectivity index (χ1n) is 6.83. The first-order valence-corrected chi connectivity index (χ1v) is 8.20. The zero-order valence-electron chi connectivity index (χ0n) is 11.2. The third-order valence-corrected chi connectivity index (χ3v) is 5.17. The molecular formula is C15H20ClNOS. The van der Waals surface area contributed by atoms with E-state index in [1.807, 2.05) is 24.3 Å². The number of carbonyl (C=O) groups is 1. The second-order valence-electron chi connectivity index (χ2n) is 5.15. The van der Waals surface area contributed by atoms with Gasteiger partial charge >= 0.3 is 0 Å². The molecule has 2 unspecified atom stereocenters. The van der Waals surface area contributed by atoms with Crippen LogP contribution in [0.1, 0.15) is 32.6 Å². The highest BCUT2D eigenvalue weighted by Crippen LogP contribution is 2.27. The third-order valence-electron chi connectivity index (χ3n) is 3.65. The molecule has 0 spiro atoms. The second-order valence-corrected chi connectivity index (χ2v) is 6.58. The van der Waals surface area contributed by atoms with Crippen LogP contribution in [0.5, 0.6) is 0 Å². The fourth-order valence-corrected chi connectivity index (χ4v) is 3.53. The fraction of sp³-hybridized carbons (Fsp3) is 0.533. The lowest BCUT2D eigenvalue weighted by Crippen LogP contribution is -2.41. The Bertz CT molecular complexity index is 438. The summed E-state index contributed by atoms with van der Waals surface area (Å²) < 4.78 is 0. The summed E-state index contributed by atoms with van der Waals surface area (Å²) in [7, 11) is 0. The normalized spacial score (nSPS) is 23.1. The molecule has 1 N–H and O–H groups in total. The molecule has 1 amide bonds. The number of carbonyl (C=O) groups excluding carboxylic acids is 1. The van der Waals surface area contributed by atoms with E-state index in [1.54, 1.807) is 0 Å². The van der Waals surface area contributed by atoms with E-state index in [0.717, 1.165) is 11.3 Å². The van der Waals surface area contributed by atoms with Gasteiger partial charge in [0.2, 0.25) is 5.91 Å². The molecule has 19 heavy (non-hydrogen) atoms. The van der Waals surface area contributed by atoms with Gasteiger partial charge in [-0.25, -0.2) is 0 Å². The maximum Gasteiger partial charge on any atom is 0.230 e. The van der Waals surface area contributed by atoms with E-state index < -0.39 is 0 Å². The summed E-state index contributed by atoms with van der Waals surface area (Å²) in [4.78, 5) is 12.9. The van der Waals surface area contributed by atoms with E-state index in [1.165, 1.54) is 31.0 Å². The van der Waals surface area contributed by atoms with Crippen LogP contribution in [0.15, 0.2) is 29.2 Å². The lowest BCUT2D eigenvalue weighted by atomic mass is 9.86. The van der Waals surface area contributed by atoms with Crippen molar-refractivity contribution in [3.8, 4) is 0 Å². The zero-order valence-corrected chi connectivity index (χ0v) is 12.8. The number of halogens is 1. The Morgan fingerprint density at radius 1 is 1.37 bits per heavy atom. The highest BCUT2D eigenvalue weighted by atomic mass is 35.5. The van der Waals surface area contributed by atoms with Gasteiger partial charge in [-0.05, 0) is 30.9 Å². The standard InChI is InChI=1S/C15H20ClNOS/c1-11-6-2-4-8-13(11)17-15(18)10-19-14-9-5-3-7-12(14)16/h3,5,7,9,11,13H,2,4,6,8,10H2,1H3,(H,17,18). The summed E-state index contributed by atoms with van der Waals surface area (Å²) in [5.41, 5.74) is 0. The number of benzene rings is 1. The van der Waals surface area contributed by atoms with Crippen LogP contribution in [0.3, 0.4) is 0 Å². The molecule has 1 saturated carbocycles. The van der Waals surface area contributed by atoms with E-state index in [-0.39, 0.29) is 5.91 Å². The van der Waals surface area contributed by atoms with Crippen LogP contribution in [0.4, 0.5) is 0 Å². The minimum atomic E-state index is 0.115. The molecule has 2 atom stereocenters. The van der Waals surface area contributed by atoms with Gasteiger partial charge in [-0.3, -0.25) is 4.79 Å². The molecule has 0 aliphatic heterocycles. The first kappa shape index (κ1) is 14.7. The average Bonchev–Trinajstić information content (AvgIpc) is 2.40. The van der Waals surface area contributed by atoms with Crippen molar-refractivity contribution in [3.05, 3.63) is 29.3 Å². The molecular weight excluding hydrogens is 278 g/mol. The number of rotatable bonds is 4. The molecule has 1 fully saturated rings. The zero-order chi connectivity index (χ0) is 13.7. The molecule has 4 heteroatoms. The topological polar surface area (TPSA) is 29.1 Å². The van der Waals surface area contributed by atoms with Crippen LogP contribution in [0.25, 0.3) is 0 Å². The number of amides is 1. The van der Waals surface area contributed by atoms with E-state index in [4.69, 9.17) is 11.6 Å².